The van der Waals surface area contributed by atoms with Crippen LogP contribution in [0.3, 0.4) is 0 Å². The highest BCUT2D eigenvalue weighted by Gasteiger charge is 2.09. The second-order valence-electron chi connectivity index (χ2n) is 4.55. The summed E-state index contributed by atoms with van der Waals surface area (Å²) in [6.07, 6.45) is 1.29. The number of nitrogens with one attached hydrogen (secondary N) is 2. The highest BCUT2D eigenvalue weighted by atomic mass is 16.5. The Labute approximate surface area is 125 Å². The fourth-order valence-electron chi connectivity index (χ4n) is 1.73. The van der Waals surface area contributed by atoms with E-state index in [0.717, 1.165) is 6.42 Å². The Bertz CT molecular complexity index is 489. The van der Waals surface area contributed by atoms with Gasteiger partial charge in [-0.2, -0.15) is 0 Å². The average Bonchev–Trinajstić information content (AvgIpc) is 2.47. The average molecular weight is 293 g/mol. The summed E-state index contributed by atoms with van der Waals surface area (Å²) >= 11 is 0. The topological polar surface area (TPSA) is 93.5 Å². The molecule has 0 radical (unpaired) electrons. The second-order valence-corrected chi connectivity index (χ2v) is 4.55. The molecule has 0 aliphatic carbocycles. The van der Waals surface area contributed by atoms with Crippen LogP contribution in [0.1, 0.15) is 37.0 Å². The van der Waals surface area contributed by atoms with Crippen molar-refractivity contribution in [1.29, 1.82) is 0 Å². The van der Waals surface area contributed by atoms with E-state index in [0.29, 0.717) is 43.1 Å². The molecular weight excluding hydrogens is 270 g/mol. The molecular formula is C15H23N3O3. The molecule has 1 rings (SSSR count). The first-order valence-corrected chi connectivity index (χ1v) is 7.15. The van der Waals surface area contributed by atoms with Crippen LogP contribution >= 0.6 is 0 Å². The van der Waals surface area contributed by atoms with E-state index in [1.807, 2.05) is 6.92 Å². The zero-order valence-electron chi connectivity index (χ0n) is 12.6. The van der Waals surface area contributed by atoms with E-state index < -0.39 is 5.97 Å². The molecule has 0 aliphatic heterocycles. The number of nitrogen functional groups attached to an aromatic ring is 1. The molecule has 4 N–H and O–H groups in total. The van der Waals surface area contributed by atoms with Crippen molar-refractivity contribution in [1.82, 2.24) is 5.32 Å². The number of ether oxygens (including phenoxy) is 1. The van der Waals surface area contributed by atoms with Crippen LogP contribution in [0.4, 0.5) is 11.4 Å². The second kappa shape index (κ2) is 8.84. The maximum atomic E-state index is 11.6. The maximum absolute atomic E-state index is 11.6. The lowest BCUT2D eigenvalue weighted by atomic mass is 10.1. The van der Waals surface area contributed by atoms with Gasteiger partial charge in [-0.25, -0.2) is 4.79 Å². The summed E-state index contributed by atoms with van der Waals surface area (Å²) in [5.74, 6) is -0.388. The molecule has 1 aromatic rings. The third-order valence-electron chi connectivity index (χ3n) is 2.80. The maximum Gasteiger partial charge on any atom is 0.338 e. The van der Waals surface area contributed by atoms with E-state index in [1.54, 1.807) is 25.1 Å². The van der Waals surface area contributed by atoms with Gasteiger partial charge in [0, 0.05) is 19.5 Å². The molecule has 0 aliphatic rings. The summed E-state index contributed by atoms with van der Waals surface area (Å²) in [5.41, 5.74) is 7.45. The molecule has 0 unspecified atom stereocenters. The molecule has 21 heavy (non-hydrogen) atoms. The fraction of sp³-hybridized carbons (Fsp3) is 0.467. The normalized spacial score (nSPS) is 10.0. The van der Waals surface area contributed by atoms with Crippen LogP contribution in [0.2, 0.25) is 0 Å². The number of nitrogens with two attached hydrogens (primary N) is 1. The van der Waals surface area contributed by atoms with Crippen LogP contribution in [0.25, 0.3) is 0 Å². The number of rotatable bonds is 8. The quantitative estimate of drug-likeness (QED) is 0.502. The number of benzene rings is 1. The lowest BCUT2D eigenvalue weighted by molar-refractivity contribution is -0.120. The minimum absolute atomic E-state index is 0.00562. The molecule has 0 saturated carbocycles. The molecule has 116 valence electrons. The Morgan fingerprint density at radius 3 is 2.62 bits per heavy atom. The van der Waals surface area contributed by atoms with E-state index in [9.17, 15) is 9.59 Å². The van der Waals surface area contributed by atoms with Gasteiger partial charge in [-0.1, -0.05) is 6.92 Å². The van der Waals surface area contributed by atoms with Crippen molar-refractivity contribution in [2.24, 2.45) is 0 Å². The summed E-state index contributed by atoms with van der Waals surface area (Å²) in [4.78, 5) is 23.0. The van der Waals surface area contributed by atoms with Gasteiger partial charge >= 0.3 is 5.97 Å². The summed E-state index contributed by atoms with van der Waals surface area (Å²) in [7, 11) is 0. The SMILES string of the molecule is CCCNC(=O)CCNc1ccc(C(=O)OCC)cc1N. The summed E-state index contributed by atoms with van der Waals surface area (Å²) in [6.45, 7) is 5.25. The summed E-state index contributed by atoms with van der Waals surface area (Å²) in [5, 5.41) is 5.88. The number of amides is 1. The largest absolute Gasteiger partial charge is 0.462 e. The first kappa shape index (κ1) is 16.8. The van der Waals surface area contributed by atoms with Gasteiger partial charge in [-0.05, 0) is 31.5 Å². The van der Waals surface area contributed by atoms with Crippen LogP contribution in [0.15, 0.2) is 18.2 Å². The lowest BCUT2D eigenvalue weighted by Gasteiger charge is -2.10. The molecule has 0 heterocycles. The van der Waals surface area contributed by atoms with Crippen molar-refractivity contribution in [3.05, 3.63) is 23.8 Å². The van der Waals surface area contributed by atoms with Gasteiger partial charge in [0.25, 0.3) is 0 Å². The van der Waals surface area contributed by atoms with Crippen LogP contribution < -0.4 is 16.4 Å². The number of carbonyl (C=O) groups is 2. The monoisotopic (exact) mass is 293 g/mol. The van der Waals surface area contributed by atoms with Gasteiger partial charge in [0.05, 0.1) is 23.5 Å². The number of carbonyl (C=O) groups excluding carboxylic acids is 2. The minimum Gasteiger partial charge on any atom is -0.462 e. The Kier molecular flexibility index (Phi) is 7.08. The standard InChI is InChI=1S/C15H23N3O3/c1-3-8-18-14(19)7-9-17-13-6-5-11(10-12(13)16)15(20)21-4-2/h5-6,10,17H,3-4,7-9,16H2,1-2H3,(H,18,19). The highest BCUT2D eigenvalue weighted by Crippen LogP contribution is 2.20. The first-order chi connectivity index (χ1) is 10.1. The van der Waals surface area contributed by atoms with Gasteiger partial charge in [0.1, 0.15) is 0 Å². The van der Waals surface area contributed by atoms with Crippen molar-refractivity contribution in [2.45, 2.75) is 26.7 Å². The third kappa shape index (κ3) is 5.72. The van der Waals surface area contributed by atoms with Gasteiger partial charge in [0.2, 0.25) is 5.91 Å². The van der Waals surface area contributed by atoms with Crippen LogP contribution in [-0.4, -0.2) is 31.6 Å². The summed E-state index contributed by atoms with van der Waals surface area (Å²) in [6, 6.07) is 4.93. The van der Waals surface area contributed by atoms with E-state index in [-0.39, 0.29) is 5.91 Å². The molecule has 0 atom stereocenters. The number of hydrogen-bond acceptors (Lipinski definition) is 5. The Morgan fingerprint density at radius 1 is 1.24 bits per heavy atom. The van der Waals surface area contributed by atoms with E-state index in [4.69, 9.17) is 10.5 Å². The molecule has 1 amide bonds. The molecule has 0 spiro atoms. The van der Waals surface area contributed by atoms with Crippen LogP contribution in [0.5, 0.6) is 0 Å². The van der Waals surface area contributed by atoms with Crippen molar-refractivity contribution in [3.8, 4) is 0 Å². The van der Waals surface area contributed by atoms with Crippen LogP contribution in [0, 0.1) is 0 Å². The number of anilines is 2. The van der Waals surface area contributed by atoms with Crippen molar-refractivity contribution < 1.29 is 14.3 Å². The van der Waals surface area contributed by atoms with Gasteiger partial charge in [0.15, 0.2) is 0 Å². The molecule has 0 bridgehead atoms. The van der Waals surface area contributed by atoms with E-state index >= 15 is 0 Å². The van der Waals surface area contributed by atoms with E-state index in [2.05, 4.69) is 10.6 Å². The van der Waals surface area contributed by atoms with Crippen LogP contribution in [-0.2, 0) is 9.53 Å². The first-order valence-electron chi connectivity index (χ1n) is 7.15. The molecule has 0 saturated heterocycles. The number of esters is 1. The summed E-state index contributed by atoms with van der Waals surface area (Å²) < 4.78 is 4.91. The fourth-order valence-corrected chi connectivity index (χ4v) is 1.73. The van der Waals surface area contributed by atoms with Gasteiger partial charge < -0.3 is 21.1 Å². The Hall–Kier alpha value is -2.24. The minimum atomic E-state index is -0.394. The van der Waals surface area contributed by atoms with Gasteiger partial charge in [-0.15, -0.1) is 0 Å². The van der Waals surface area contributed by atoms with Gasteiger partial charge in [-0.3, -0.25) is 4.79 Å². The number of hydrogen-bond donors (Lipinski definition) is 3. The zero-order valence-corrected chi connectivity index (χ0v) is 12.6. The van der Waals surface area contributed by atoms with E-state index in [1.165, 1.54) is 0 Å². The van der Waals surface area contributed by atoms with Crippen molar-refractivity contribution >= 4 is 23.3 Å². The molecule has 6 heteroatoms. The predicted octanol–water partition coefficient (Wildman–Crippen LogP) is 1.77. The van der Waals surface area contributed by atoms with Crippen molar-refractivity contribution in [3.63, 3.8) is 0 Å². The molecule has 6 nitrogen and oxygen atoms in total. The zero-order chi connectivity index (χ0) is 15.7. The molecule has 0 fully saturated rings. The lowest BCUT2D eigenvalue weighted by Crippen LogP contribution is -2.26. The molecule has 1 aromatic carbocycles. The Morgan fingerprint density at radius 2 is 2.00 bits per heavy atom. The van der Waals surface area contributed by atoms with Crippen molar-refractivity contribution in [2.75, 3.05) is 30.7 Å². The highest BCUT2D eigenvalue weighted by molar-refractivity contribution is 5.92. The predicted molar refractivity (Wildman–Crippen MR) is 83.2 cm³/mol. The third-order valence-corrected chi connectivity index (χ3v) is 2.80. The Balaban J connectivity index is 2.49. The smallest absolute Gasteiger partial charge is 0.338 e. The molecule has 0 aromatic heterocycles.